The van der Waals surface area contributed by atoms with E-state index >= 15 is 0 Å². The third-order valence-electron chi connectivity index (χ3n) is 3.47. The summed E-state index contributed by atoms with van der Waals surface area (Å²) in [5.74, 6) is 2.03. The standard InChI is InChI=1S/C9H17N.C2H6/c1-7-5-9-4-3-8(7)6-10(9)2;1-2/h7-9H,3-6H2,1-2H3;1-2H3. The topological polar surface area (TPSA) is 3.24 Å². The largest absolute Gasteiger partial charge is 0.303 e. The first-order valence-corrected chi connectivity index (χ1v) is 5.47. The molecular formula is C11H23N. The van der Waals surface area contributed by atoms with Crippen LogP contribution in [-0.2, 0) is 0 Å². The van der Waals surface area contributed by atoms with Crippen LogP contribution in [0.25, 0.3) is 0 Å². The van der Waals surface area contributed by atoms with Gasteiger partial charge in [0.25, 0.3) is 0 Å². The Hall–Kier alpha value is -0.0400. The molecule has 0 radical (unpaired) electrons. The van der Waals surface area contributed by atoms with Crippen LogP contribution < -0.4 is 0 Å². The average molecular weight is 169 g/mol. The first-order valence-electron chi connectivity index (χ1n) is 5.47. The van der Waals surface area contributed by atoms with Gasteiger partial charge in [0.2, 0.25) is 0 Å². The molecule has 1 saturated carbocycles. The van der Waals surface area contributed by atoms with Crippen molar-refractivity contribution >= 4 is 0 Å². The second-order valence-corrected chi connectivity index (χ2v) is 4.14. The van der Waals surface area contributed by atoms with Gasteiger partial charge in [-0.15, -0.1) is 0 Å². The Kier molecular flexibility index (Phi) is 3.57. The highest BCUT2D eigenvalue weighted by Crippen LogP contribution is 2.37. The van der Waals surface area contributed by atoms with Crippen molar-refractivity contribution in [1.29, 1.82) is 0 Å². The van der Waals surface area contributed by atoms with Gasteiger partial charge in [0, 0.05) is 12.6 Å². The highest BCUT2D eigenvalue weighted by atomic mass is 15.1. The van der Waals surface area contributed by atoms with Crippen LogP contribution in [0.4, 0.5) is 0 Å². The van der Waals surface area contributed by atoms with Gasteiger partial charge < -0.3 is 4.90 Å². The van der Waals surface area contributed by atoms with Crippen LogP contribution in [0.3, 0.4) is 0 Å². The number of hydrogen-bond donors (Lipinski definition) is 0. The fraction of sp³-hybridized carbons (Fsp3) is 1.00. The summed E-state index contributed by atoms with van der Waals surface area (Å²) in [6.45, 7) is 7.79. The SMILES string of the molecule is CC.CC1CC2CCC1CN2C. The van der Waals surface area contributed by atoms with Gasteiger partial charge in [-0.3, -0.25) is 0 Å². The third-order valence-corrected chi connectivity index (χ3v) is 3.47. The molecule has 3 fully saturated rings. The van der Waals surface area contributed by atoms with Gasteiger partial charge in [0.1, 0.15) is 0 Å². The first-order chi connectivity index (χ1) is 5.77. The smallest absolute Gasteiger partial charge is 0.00950 e. The summed E-state index contributed by atoms with van der Waals surface area (Å²) in [6, 6.07) is 0.931. The zero-order chi connectivity index (χ0) is 9.14. The van der Waals surface area contributed by atoms with Crippen LogP contribution in [0.15, 0.2) is 0 Å². The van der Waals surface area contributed by atoms with E-state index in [9.17, 15) is 0 Å². The molecule has 2 saturated heterocycles. The maximum atomic E-state index is 2.55. The summed E-state index contributed by atoms with van der Waals surface area (Å²) in [4.78, 5) is 2.55. The molecule has 3 unspecified atom stereocenters. The van der Waals surface area contributed by atoms with Crippen molar-refractivity contribution in [3.63, 3.8) is 0 Å². The number of rotatable bonds is 0. The molecule has 1 heteroatoms. The van der Waals surface area contributed by atoms with Gasteiger partial charge in [-0.05, 0) is 38.1 Å². The molecule has 0 aromatic carbocycles. The molecule has 1 aliphatic carbocycles. The molecule has 0 aromatic rings. The Labute approximate surface area is 77.1 Å². The average Bonchev–Trinajstić information content (AvgIpc) is 2.11. The van der Waals surface area contributed by atoms with Crippen molar-refractivity contribution in [2.24, 2.45) is 11.8 Å². The molecule has 3 atom stereocenters. The van der Waals surface area contributed by atoms with Crippen LogP contribution in [0.2, 0.25) is 0 Å². The minimum atomic E-state index is 0.931. The molecule has 0 amide bonds. The van der Waals surface area contributed by atoms with Crippen molar-refractivity contribution in [2.45, 2.75) is 46.1 Å². The molecule has 12 heavy (non-hydrogen) atoms. The molecular weight excluding hydrogens is 146 g/mol. The normalized spacial score (nSPS) is 40.5. The first kappa shape index (κ1) is 10.0. The minimum Gasteiger partial charge on any atom is -0.303 e. The Balaban J connectivity index is 0.000000336. The summed E-state index contributed by atoms with van der Waals surface area (Å²) in [5, 5.41) is 0. The van der Waals surface area contributed by atoms with Crippen molar-refractivity contribution in [3.05, 3.63) is 0 Å². The lowest BCUT2D eigenvalue weighted by Crippen LogP contribution is -2.49. The summed E-state index contributed by atoms with van der Waals surface area (Å²) < 4.78 is 0. The highest BCUT2D eigenvalue weighted by Gasteiger charge is 2.35. The van der Waals surface area contributed by atoms with Gasteiger partial charge in [-0.25, -0.2) is 0 Å². The third kappa shape index (κ3) is 1.82. The van der Waals surface area contributed by atoms with Crippen molar-refractivity contribution in [1.82, 2.24) is 4.90 Å². The van der Waals surface area contributed by atoms with Crippen molar-refractivity contribution < 1.29 is 0 Å². The van der Waals surface area contributed by atoms with E-state index in [4.69, 9.17) is 0 Å². The lowest BCUT2D eigenvalue weighted by atomic mass is 9.73. The highest BCUT2D eigenvalue weighted by molar-refractivity contribution is 4.89. The minimum absolute atomic E-state index is 0.931. The Morgan fingerprint density at radius 3 is 2.08 bits per heavy atom. The van der Waals surface area contributed by atoms with Gasteiger partial charge in [-0.1, -0.05) is 20.8 Å². The van der Waals surface area contributed by atoms with Crippen LogP contribution in [0.1, 0.15) is 40.0 Å². The van der Waals surface area contributed by atoms with E-state index in [0.717, 1.165) is 17.9 Å². The Morgan fingerprint density at radius 2 is 1.83 bits per heavy atom. The predicted molar refractivity (Wildman–Crippen MR) is 54.3 cm³/mol. The number of fused-ring (bicyclic) bond motifs is 3. The second kappa shape index (κ2) is 4.27. The molecule has 72 valence electrons. The maximum absolute atomic E-state index is 2.55. The zero-order valence-electron chi connectivity index (χ0n) is 9.01. The lowest BCUT2D eigenvalue weighted by Gasteiger charge is -2.47. The molecule has 0 spiro atoms. The number of hydrogen-bond acceptors (Lipinski definition) is 1. The molecule has 3 aliphatic rings. The fourth-order valence-electron chi connectivity index (χ4n) is 2.62. The Bertz CT molecular complexity index is 117. The lowest BCUT2D eigenvalue weighted by molar-refractivity contribution is 0.0310. The van der Waals surface area contributed by atoms with Crippen LogP contribution in [-0.4, -0.2) is 24.5 Å². The van der Waals surface area contributed by atoms with Gasteiger partial charge in [-0.2, -0.15) is 0 Å². The Morgan fingerprint density at radius 1 is 1.17 bits per heavy atom. The van der Waals surface area contributed by atoms with Gasteiger partial charge in [0.05, 0.1) is 0 Å². The van der Waals surface area contributed by atoms with Crippen molar-refractivity contribution in [2.75, 3.05) is 13.6 Å². The summed E-state index contributed by atoms with van der Waals surface area (Å²) >= 11 is 0. The summed E-state index contributed by atoms with van der Waals surface area (Å²) in [7, 11) is 2.28. The summed E-state index contributed by atoms with van der Waals surface area (Å²) in [5.41, 5.74) is 0. The van der Waals surface area contributed by atoms with Crippen molar-refractivity contribution in [3.8, 4) is 0 Å². The zero-order valence-corrected chi connectivity index (χ0v) is 9.01. The number of piperidine rings is 2. The maximum Gasteiger partial charge on any atom is 0.00950 e. The van der Waals surface area contributed by atoms with Gasteiger partial charge in [0.15, 0.2) is 0 Å². The molecule has 0 aromatic heterocycles. The van der Waals surface area contributed by atoms with E-state index in [1.165, 1.54) is 25.8 Å². The monoisotopic (exact) mass is 169 g/mol. The fourth-order valence-corrected chi connectivity index (χ4v) is 2.62. The van der Waals surface area contributed by atoms with Crippen LogP contribution in [0, 0.1) is 11.8 Å². The van der Waals surface area contributed by atoms with Crippen LogP contribution >= 0.6 is 0 Å². The molecule has 2 aliphatic heterocycles. The molecule has 3 rings (SSSR count). The van der Waals surface area contributed by atoms with E-state index in [-0.39, 0.29) is 0 Å². The van der Waals surface area contributed by atoms with Gasteiger partial charge >= 0.3 is 0 Å². The van der Waals surface area contributed by atoms with E-state index in [1.54, 1.807) is 0 Å². The van der Waals surface area contributed by atoms with E-state index in [1.807, 2.05) is 13.8 Å². The molecule has 1 nitrogen and oxygen atoms in total. The summed E-state index contributed by atoms with van der Waals surface area (Å²) in [6.07, 6.45) is 4.42. The van der Waals surface area contributed by atoms with Crippen LogP contribution in [0.5, 0.6) is 0 Å². The van der Waals surface area contributed by atoms with E-state index < -0.39 is 0 Å². The second-order valence-electron chi connectivity index (χ2n) is 4.14. The van der Waals surface area contributed by atoms with E-state index in [0.29, 0.717) is 0 Å². The molecule has 2 heterocycles. The van der Waals surface area contributed by atoms with E-state index in [2.05, 4.69) is 18.9 Å². The number of nitrogens with zero attached hydrogens (tertiary/aromatic N) is 1. The quantitative estimate of drug-likeness (QED) is 0.539. The molecule has 2 bridgehead atoms. The predicted octanol–water partition coefficient (Wildman–Crippen LogP) is 2.76. The molecule has 0 N–H and O–H groups in total.